The van der Waals surface area contributed by atoms with Gasteiger partial charge in [-0.3, -0.25) is 0 Å². The molecule has 2 aromatic heterocycles. The van der Waals surface area contributed by atoms with E-state index in [1.807, 2.05) is 0 Å². The molecule has 21 heavy (non-hydrogen) atoms. The third-order valence-corrected chi connectivity index (χ3v) is 3.35. The number of halogens is 2. The normalized spacial score (nSPS) is 28.9. The van der Waals surface area contributed by atoms with Gasteiger partial charge in [-0.25, -0.2) is 13.9 Å². The van der Waals surface area contributed by atoms with Gasteiger partial charge >= 0.3 is 6.08 Å². The number of alkyl halides is 1. The number of ether oxygens (including phenoxy) is 1. The van der Waals surface area contributed by atoms with Crippen LogP contribution in [0.2, 0.25) is 0 Å². The van der Waals surface area contributed by atoms with E-state index in [1.54, 1.807) is 6.07 Å². The fourth-order valence-corrected chi connectivity index (χ4v) is 2.33. The molecule has 0 bridgehead atoms. The van der Waals surface area contributed by atoms with E-state index >= 15 is 0 Å². The summed E-state index contributed by atoms with van der Waals surface area (Å²) in [4.78, 5) is 7.20. The minimum Gasteiger partial charge on any atom is -0.392 e. The number of fused-ring (bicyclic) bond motifs is 1. The second kappa shape index (κ2) is 4.57. The molecule has 0 aromatic carbocycles. The number of rotatable bonds is 2. The summed E-state index contributed by atoms with van der Waals surface area (Å²) in [6.45, 7) is -0.650. The summed E-state index contributed by atoms with van der Waals surface area (Å²) in [5.41, 5.74) is 4.02. The molecular formula is C11H10F2N6O2. The average molecular weight is 296 g/mol. The van der Waals surface area contributed by atoms with Gasteiger partial charge in [-0.2, -0.15) is 14.6 Å². The van der Waals surface area contributed by atoms with Crippen molar-refractivity contribution in [2.24, 2.45) is 0 Å². The second-order valence-corrected chi connectivity index (χ2v) is 4.71. The van der Waals surface area contributed by atoms with Gasteiger partial charge in [0.2, 0.25) is 0 Å². The molecule has 0 saturated carbocycles. The number of imidazole rings is 1. The highest BCUT2D eigenvalue weighted by molar-refractivity contribution is 5.59. The van der Waals surface area contributed by atoms with Crippen LogP contribution in [0.4, 0.5) is 14.6 Å². The van der Waals surface area contributed by atoms with Crippen LogP contribution in [0.1, 0.15) is 18.2 Å². The molecule has 10 heteroatoms. The average Bonchev–Trinajstić information content (AvgIpc) is 3.00. The maximum atomic E-state index is 14.2. The first-order valence-electron chi connectivity index (χ1n) is 6.00. The zero-order chi connectivity index (χ0) is 15.2. The number of anilines is 1. The molecule has 8 nitrogen and oxygen atoms in total. The third kappa shape index (κ3) is 1.98. The van der Waals surface area contributed by atoms with Crippen LogP contribution in [-0.4, -0.2) is 43.1 Å². The molecule has 1 aliphatic rings. The molecule has 0 aliphatic carbocycles. The van der Waals surface area contributed by atoms with Crippen molar-refractivity contribution in [1.82, 2.24) is 19.6 Å². The highest BCUT2D eigenvalue weighted by Crippen LogP contribution is 2.41. The van der Waals surface area contributed by atoms with Gasteiger partial charge in [0, 0.05) is 6.42 Å². The van der Waals surface area contributed by atoms with Crippen LogP contribution in [-0.2, 0) is 4.74 Å². The summed E-state index contributed by atoms with van der Waals surface area (Å²) in [7, 11) is 0. The van der Waals surface area contributed by atoms with Crippen molar-refractivity contribution in [1.29, 1.82) is 5.26 Å². The summed E-state index contributed by atoms with van der Waals surface area (Å²) in [5, 5.41) is 21.7. The van der Waals surface area contributed by atoms with Crippen LogP contribution < -0.4 is 5.73 Å². The van der Waals surface area contributed by atoms with Crippen LogP contribution in [0, 0.1) is 17.4 Å². The summed E-state index contributed by atoms with van der Waals surface area (Å²) < 4.78 is 33.7. The molecule has 0 amide bonds. The number of nitrogen functional groups attached to an aromatic ring is 1. The number of nitrogens with two attached hydrogens (primary N) is 1. The molecule has 2 aromatic rings. The maximum Gasteiger partial charge on any atom is 0.328 e. The lowest BCUT2D eigenvalue weighted by Crippen LogP contribution is -2.30. The first-order valence-corrected chi connectivity index (χ1v) is 6.00. The predicted octanol–water partition coefficient (Wildman–Crippen LogP) is -0.100. The number of nitriles is 1. The van der Waals surface area contributed by atoms with Crippen molar-refractivity contribution in [2.45, 2.75) is 24.3 Å². The summed E-state index contributed by atoms with van der Waals surface area (Å²) in [6, 6.07) is 1.75. The number of aromatic nitrogens is 4. The Hall–Kier alpha value is -2.38. The lowest BCUT2D eigenvalue weighted by molar-refractivity contribution is -0.0447. The van der Waals surface area contributed by atoms with Crippen molar-refractivity contribution in [3.63, 3.8) is 0 Å². The predicted molar refractivity (Wildman–Crippen MR) is 63.9 cm³/mol. The molecule has 1 aliphatic heterocycles. The molecule has 0 spiro atoms. The molecule has 3 rings (SSSR count). The summed E-state index contributed by atoms with van der Waals surface area (Å²) in [6.07, 6.45) is -2.96. The minimum atomic E-state index is -1.63. The van der Waals surface area contributed by atoms with Gasteiger partial charge in [0.25, 0.3) is 0 Å². The van der Waals surface area contributed by atoms with Gasteiger partial charge < -0.3 is 15.6 Å². The number of aliphatic hydroxyl groups excluding tert-OH is 1. The summed E-state index contributed by atoms with van der Waals surface area (Å²) in [5.74, 6) is -0.198. The fraction of sp³-hybridized carbons (Fsp3) is 0.455. The van der Waals surface area contributed by atoms with E-state index in [4.69, 9.17) is 15.7 Å². The quantitative estimate of drug-likeness (QED) is 0.793. The largest absolute Gasteiger partial charge is 0.392 e. The van der Waals surface area contributed by atoms with Gasteiger partial charge in [-0.1, -0.05) is 0 Å². The molecule has 0 unspecified atom stereocenters. The van der Waals surface area contributed by atoms with E-state index in [1.165, 1.54) is 6.20 Å². The number of hydrogen-bond donors (Lipinski definition) is 2. The standard InChI is InChI=1S/C11H10F2N6O2/c12-5-1-11(3-14,4-20)21-7(5)6-2-16-9-8(15)17-10(13)18-19(6)9/h2,5,7,20H,1,4H2,(H2,15,17,18)/t5-,7-,11-/m1/s1. The molecule has 3 atom stereocenters. The molecule has 1 fully saturated rings. The monoisotopic (exact) mass is 296 g/mol. The Bertz CT molecular complexity index is 744. The Morgan fingerprint density at radius 1 is 1.67 bits per heavy atom. The van der Waals surface area contributed by atoms with Crippen molar-refractivity contribution in [3.8, 4) is 6.07 Å². The Balaban J connectivity index is 2.08. The van der Waals surface area contributed by atoms with E-state index in [0.717, 1.165) is 4.52 Å². The molecule has 1 saturated heterocycles. The van der Waals surface area contributed by atoms with E-state index in [2.05, 4.69) is 15.1 Å². The lowest BCUT2D eigenvalue weighted by Gasteiger charge is -2.18. The topological polar surface area (TPSA) is 122 Å². The molecule has 3 N–H and O–H groups in total. The smallest absolute Gasteiger partial charge is 0.328 e. The minimum absolute atomic E-state index is 0.0562. The SMILES string of the molecule is N#C[C@@]1(CO)C[C@@H](F)[C@H](c2cnc3c(N)nc(F)nn23)O1. The number of hydrogen-bond acceptors (Lipinski definition) is 7. The second-order valence-electron chi connectivity index (χ2n) is 4.71. The summed E-state index contributed by atoms with van der Waals surface area (Å²) >= 11 is 0. The van der Waals surface area contributed by atoms with Gasteiger partial charge in [-0.05, 0) is 0 Å². The van der Waals surface area contributed by atoms with Crippen molar-refractivity contribution >= 4 is 11.5 Å². The highest BCUT2D eigenvalue weighted by Gasteiger charge is 2.49. The maximum absolute atomic E-state index is 14.2. The third-order valence-electron chi connectivity index (χ3n) is 3.35. The Labute approximate surface area is 116 Å². The number of nitrogens with zero attached hydrogens (tertiary/aromatic N) is 5. The Kier molecular flexibility index (Phi) is 2.96. The Morgan fingerprint density at radius 2 is 2.43 bits per heavy atom. The van der Waals surface area contributed by atoms with E-state index < -0.39 is 30.6 Å². The molecule has 110 valence electrons. The van der Waals surface area contributed by atoms with Gasteiger partial charge in [0.1, 0.15) is 18.3 Å². The zero-order valence-corrected chi connectivity index (χ0v) is 10.6. The van der Waals surface area contributed by atoms with Crippen molar-refractivity contribution in [3.05, 3.63) is 18.0 Å². The van der Waals surface area contributed by atoms with Crippen molar-refractivity contribution in [2.75, 3.05) is 12.3 Å². The Morgan fingerprint density at radius 3 is 3.05 bits per heavy atom. The van der Waals surface area contributed by atoms with E-state index in [9.17, 15) is 13.9 Å². The van der Waals surface area contributed by atoms with Crippen LogP contribution in [0.3, 0.4) is 0 Å². The van der Waals surface area contributed by atoms with Gasteiger partial charge in [0.05, 0.1) is 18.5 Å². The molecule has 3 heterocycles. The van der Waals surface area contributed by atoms with Crippen LogP contribution in [0.5, 0.6) is 0 Å². The zero-order valence-electron chi connectivity index (χ0n) is 10.6. The van der Waals surface area contributed by atoms with E-state index in [0.29, 0.717) is 0 Å². The van der Waals surface area contributed by atoms with E-state index in [-0.39, 0.29) is 23.6 Å². The first-order chi connectivity index (χ1) is 9.99. The van der Waals surface area contributed by atoms with Crippen molar-refractivity contribution < 1.29 is 18.6 Å². The van der Waals surface area contributed by atoms with Gasteiger partial charge in [-0.15, -0.1) is 5.10 Å². The van der Waals surface area contributed by atoms with Crippen LogP contribution in [0.15, 0.2) is 6.20 Å². The fourth-order valence-electron chi connectivity index (χ4n) is 2.33. The molecular weight excluding hydrogens is 286 g/mol. The highest BCUT2D eigenvalue weighted by atomic mass is 19.1. The van der Waals surface area contributed by atoms with Crippen LogP contribution in [0.25, 0.3) is 5.65 Å². The number of aliphatic hydroxyl groups is 1. The van der Waals surface area contributed by atoms with Crippen LogP contribution >= 0.6 is 0 Å². The molecule has 0 radical (unpaired) electrons. The lowest BCUT2D eigenvalue weighted by atomic mass is 10.0. The van der Waals surface area contributed by atoms with Gasteiger partial charge in [0.15, 0.2) is 17.1 Å². The first kappa shape index (κ1) is 13.6.